The predicted octanol–water partition coefficient (Wildman–Crippen LogP) is 4.45. The Morgan fingerprint density at radius 2 is 1.96 bits per heavy atom. The quantitative estimate of drug-likeness (QED) is 0.560. The summed E-state index contributed by atoms with van der Waals surface area (Å²) in [4.78, 5) is 8.75. The van der Waals surface area contributed by atoms with Crippen molar-refractivity contribution in [2.24, 2.45) is 4.99 Å². The summed E-state index contributed by atoms with van der Waals surface area (Å²) in [6, 6.07) is 7.49. The molecule has 2 aromatic heterocycles. The summed E-state index contributed by atoms with van der Waals surface area (Å²) in [5.74, 6) is 0.402. The third-order valence-electron chi connectivity index (χ3n) is 3.86. The second-order valence-electron chi connectivity index (χ2n) is 5.45. The molecule has 1 aliphatic rings. The zero-order valence-corrected chi connectivity index (χ0v) is 15.1. The first-order valence-electron chi connectivity index (χ1n) is 7.33. The van der Waals surface area contributed by atoms with Gasteiger partial charge in [0, 0.05) is 11.8 Å². The summed E-state index contributed by atoms with van der Waals surface area (Å²) in [7, 11) is 0. The maximum Gasteiger partial charge on any atom is 0.417 e. The van der Waals surface area contributed by atoms with Gasteiger partial charge in [0.25, 0.3) is 0 Å². The van der Waals surface area contributed by atoms with Gasteiger partial charge in [0.1, 0.15) is 6.54 Å². The van der Waals surface area contributed by atoms with Crippen molar-refractivity contribution in [2.75, 3.05) is 0 Å². The summed E-state index contributed by atoms with van der Waals surface area (Å²) in [6.07, 6.45) is -3.01. The van der Waals surface area contributed by atoms with Crippen LogP contribution in [0.3, 0.4) is 0 Å². The average Bonchev–Trinajstić information content (AvgIpc) is 2.87. The summed E-state index contributed by atoms with van der Waals surface area (Å²) in [6.45, 7) is 0.137. The van der Waals surface area contributed by atoms with Gasteiger partial charge in [-0.25, -0.2) is 0 Å². The van der Waals surface area contributed by atoms with E-state index in [2.05, 4.69) is 36.1 Å². The molecule has 1 aromatic carbocycles. The Morgan fingerprint density at radius 3 is 2.65 bits per heavy atom. The van der Waals surface area contributed by atoms with Crippen LogP contribution in [0.15, 0.2) is 46.3 Å². The Balaban J connectivity index is 2.04. The van der Waals surface area contributed by atoms with Gasteiger partial charge in [0.15, 0.2) is 5.82 Å². The highest BCUT2D eigenvalue weighted by Gasteiger charge is 2.36. The average molecular weight is 443 g/mol. The first-order valence-corrected chi connectivity index (χ1v) is 8.50. The topological polar surface area (TPSA) is 56.0 Å². The van der Waals surface area contributed by atoms with E-state index in [4.69, 9.17) is 11.6 Å². The molecule has 26 heavy (non-hydrogen) atoms. The number of benzene rings is 1. The van der Waals surface area contributed by atoms with Crippen LogP contribution in [0, 0.1) is 0 Å². The van der Waals surface area contributed by atoms with Crippen LogP contribution in [0.5, 0.6) is 0 Å². The molecule has 10 heteroatoms. The largest absolute Gasteiger partial charge is 0.417 e. The molecule has 132 valence electrons. The molecule has 3 heterocycles. The zero-order chi connectivity index (χ0) is 18.5. The monoisotopic (exact) mass is 441 g/mol. The maximum absolute atomic E-state index is 13.4. The molecule has 5 nitrogen and oxygen atoms in total. The van der Waals surface area contributed by atoms with E-state index < -0.39 is 16.8 Å². The van der Waals surface area contributed by atoms with E-state index in [1.165, 1.54) is 10.6 Å². The van der Waals surface area contributed by atoms with Crippen LogP contribution < -0.4 is 0 Å². The Hall–Kier alpha value is -2.26. The molecule has 0 spiro atoms. The van der Waals surface area contributed by atoms with E-state index in [1.54, 1.807) is 24.4 Å². The lowest BCUT2D eigenvalue weighted by molar-refractivity contribution is -0.137. The maximum atomic E-state index is 13.4. The summed E-state index contributed by atoms with van der Waals surface area (Å²) in [5, 5.41) is 7.45. The molecule has 0 N–H and O–H groups in total. The van der Waals surface area contributed by atoms with Gasteiger partial charge in [-0.15, -0.1) is 10.2 Å². The minimum Gasteiger partial charge on any atom is -0.274 e. The Bertz CT molecular complexity index is 1030. The van der Waals surface area contributed by atoms with Gasteiger partial charge in [-0.3, -0.25) is 14.5 Å². The van der Waals surface area contributed by atoms with Gasteiger partial charge in [-0.2, -0.15) is 13.2 Å². The fraction of sp³-hybridized carbons (Fsp3) is 0.125. The van der Waals surface area contributed by atoms with E-state index in [9.17, 15) is 13.2 Å². The lowest BCUT2D eigenvalue weighted by atomic mass is 10.0. The number of hydrogen-bond donors (Lipinski definition) is 0. The van der Waals surface area contributed by atoms with Crippen molar-refractivity contribution in [1.29, 1.82) is 0 Å². The molecular weight excluding hydrogens is 435 g/mol. The third kappa shape index (κ3) is 2.80. The molecule has 0 aliphatic carbocycles. The summed E-state index contributed by atoms with van der Waals surface area (Å²) >= 11 is 9.18. The van der Waals surface area contributed by atoms with Gasteiger partial charge < -0.3 is 0 Å². The lowest BCUT2D eigenvalue weighted by Crippen LogP contribution is -2.13. The highest BCUT2D eigenvalue weighted by atomic mass is 79.9. The summed E-state index contributed by atoms with van der Waals surface area (Å²) < 4.78 is 41.9. The molecule has 0 bridgehead atoms. The zero-order valence-electron chi connectivity index (χ0n) is 12.8. The van der Waals surface area contributed by atoms with Crippen molar-refractivity contribution in [3.05, 3.63) is 68.9 Å². The van der Waals surface area contributed by atoms with Crippen molar-refractivity contribution in [1.82, 2.24) is 19.7 Å². The van der Waals surface area contributed by atoms with Crippen LogP contribution >= 0.6 is 27.5 Å². The Kier molecular flexibility index (Phi) is 4.07. The van der Waals surface area contributed by atoms with E-state index in [1.807, 2.05) is 0 Å². The normalized spacial score (nSPS) is 13.7. The van der Waals surface area contributed by atoms with Crippen LogP contribution in [0.25, 0.3) is 5.69 Å². The highest BCUT2D eigenvalue weighted by molar-refractivity contribution is 9.10. The van der Waals surface area contributed by atoms with Crippen LogP contribution in [0.2, 0.25) is 5.02 Å². The lowest BCUT2D eigenvalue weighted by Gasteiger charge is -2.16. The van der Waals surface area contributed by atoms with Crippen LogP contribution in [-0.2, 0) is 12.7 Å². The predicted molar refractivity (Wildman–Crippen MR) is 92.7 cm³/mol. The molecule has 0 saturated carbocycles. The highest BCUT2D eigenvalue weighted by Crippen LogP contribution is 2.39. The molecule has 0 amide bonds. The Labute approximate surface area is 158 Å². The molecule has 3 aromatic rings. The Morgan fingerprint density at radius 1 is 1.15 bits per heavy atom. The van der Waals surface area contributed by atoms with Crippen LogP contribution in [0.4, 0.5) is 13.2 Å². The fourth-order valence-electron chi connectivity index (χ4n) is 2.75. The van der Waals surface area contributed by atoms with Crippen molar-refractivity contribution in [3.63, 3.8) is 0 Å². The number of pyridine rings is 1. The first kappa shape index (κ1) is 17.2. The van der Waals surface area contributed by atoms with Gasteiger partial charge in [0.05, 0.1) is 27.7 Å². The third-order valence-corrected chi connectivity index (χ3v) is 4.69. The molecule has 0 unspecified atom stereocenters. The van der Waals surface area contributed by atoms with E-state index in [0.29, 0.717) is 22.8 Å². The van der Waals surface area contributed by atoms with Gasteiger partial charge >= 0.3 is 6.18 Å². The molecule has 4 rings (SSSR count). The van der Waals surface area contributed by atoms with Crippen LogP contribution in [0.1, 0.15) is 22.6 Å². The number of hydrogen-bond acceptors (Lipinski definition) is 4. The summed E-state index contributed by atoms with van der Waals surface area (Å²) in [5.41, 5.74) is 0.677. The molecule has 0 fully saturated rings. The number of nitrogens with zero attached hydrogens (tertiary/aromatic N) is 5. The van der Waals surface area contributed by atoms with Crippen molar-refractivity contribution in [3.8, 4) is 5.69 Å². The van der Waals surface area contributed by atoms with Crippen molar-refractivity contribution < 1.29 is 13.2 Å². The standard InChI is InChI=1S/C16H8BrClF3N5/c17-15-25-24-13-7-23-14(11-3-1-2-4-22-11)8-5-10(18)9(16(19,20)21)6-12(8)26(13)15/h1-6H,7H2. The van der Waals surface area contributed by atoms with E-state index in [-0.39, 0.29) is 17.0 Å². The fourth-order valence-corrected chi connectivity index (χ4v) is 3.49. The van der Waals surface area contributed by atoms with Crippen molar-refractivity contribution in [2.45, 2.75) is 12.7 Å². The molecular formula is C16H8BrClF3N5. The number of fused-ring (bicyclic) bond motifs is 3. The number of halogens is 5. The first-order chi connectivity index (χ1) is 12.4. The van der Waals surface area contributed by atoms with Crippen molar-refractivity contribution >= 4 is 33.2 Å². The SMILES string of the molecule is FC(F)(F)c1cc2c(cc1Cl)C(c1ccccn1)=NCc1nnc(Br)n1-2. The number of alkyl halides is 3. The number of aliphatic imine (C=N–C) groups is 1. The molecule has 0 atom stereocenters. The molecule has 0 radical (unpaired) electrons. The molecule has 1 aliphatic heterocycles. The van der Waals surface area contributed by atoms with Gasteiger partial charge in [0.2, 0.25) is 4.73 Å². The smallest absolute Gasteiger partial charge is 0.274 e. The minimum atomic E-state index is -4.60. The number of aromatic nitrogens is 4. The minimum absolute atomic E-state index is 0.137. The van der Waals surface area contributed by atoms with E-state index in [0.717, 1.165) is 6.07 Å². The number of rotatable bonds is 1. The second-order valence-corrected chi connectivity index (χ2v) is 6.56. The van der Waals surface area contributed by atoms with Gasteiger partial charge in [-0.05, 0) is 40.2 Å². The van der Waals surface area contributed by atoms with Crippen LogP contribution in [-0.4, -0.2) is 25.5 Å². The second kappa shape index (κ2) is 6.17. The van der Waals surface area contributed by atoms with E-state index >= 15 is 0 Å². The van der Waals surface area contributed by atoms with Gasteiger partial charge in [-0.1, -0.05) is 17.7 Å². The molecule has 0 saturated heterocycles.